The first-order chi connectivity index (χ1) is 7.48. The van der Waals surface area contributed by atoms with E-state index in [4.69, 9.17) is 0 Å². The highest BCUT2D eigenvalue weighted by atomic mass is 16.3. The van der Waals surface area contributed by atoms with Gasteiger partial charge in [0.05, 0.1) is 11.3 Å². The fourth-order valence-corrected chi connectivity index (χ4v) is 1.76. The van der Waals surface area contributed by atoms with Crippen LogP contribution < -0.4 is 5.32 Å². The molecule has 1 rings (SSSR count). The molecule has 0 aliphatic heterocycles. The molecule has 0 bridgehead atoms. The van der Waals surface area contributed by atoms with Crippen LogP contribution in [0.1, 0.15) is 32.2 Å². The van der Waals surface area contributed by atoms with Gasteiger partial charge in [0.25, 0.3) is 0 Å². The van der Waals surface area contributed by atoms with E-state index in [0.29, 0.717) is 13.0 Å². The normalized spacial score (nSPS) is 15.1. The Morgan fingerprint density at radius 2 is 2.19 bits per heavy atom. The summed E-state index contributed by atoms with van der Waals surface area (Å²) in [5, 5.41) is 17.7. The van der Waals surface area contributed by atoms with Crippen molar-refractivity contribution < 1.29 is 5.11 Å². The first kappa shape index (κ1) is 13.2. The van der Waals surface area contributed by atoms with E-state index in [-0.39, 0.29) is 0 Å². The molecule has 0 aromatic carbocycles. The van der Waals surface area contributed by atoms with E-state index in [0.717, 1.165) is 24.4 Å². The Hall–Kier alpha value is -0.870. The topological polar surface area (TPSA) is 50.1 Å². The Labute approximate surface area is 97.7 Å². The van der Waals surface area contributed by atoms with Crippen molar-refractivity contribution in [2.24, 2.45) is 7.05 Å². The number of hydrogen-bond acceptors (Lipinski definition) is 3. The van der Waals surface area contributed by atoms with Crippen LogP contribution in [0.5, 0.6) is 0 Å². The molecule has 0 spiro atoms. The van der Waals surface area contributed by atoms with E-state index in [1.54, 1.807) is 0 Å². The molecule has 0 aliphatic rings. The molecule has 4 nitrogen and oxygen atoms in total. The number of rotatable bonds is 6. The lowest BCUT2D eigenvalue weighted by atomic mass is 10.00. The van der Waals surface area contributed by atoms with Gasteiger partial charge >= 0.3 is 0 Å². The molecule has 1 aromatic rings. The largest absolute Gasteiger partial charge is 0.388 e. The van der Waals surface area contributed by atoms with E-state index in [9.17, 15) is 5.11 Å². The summed E-state index contributed by atoms with van der Waals surface area (Å²) in [5.41, 5.74) is 1.45. The summed E-state index contributed by atoms with van der Waals surface area (Å²) in [5.74, 6) is 0. The average Bonchev–Trinajstić information content (AvgIpc) is 2.56. The number of aliphatic hydroxyl groups is 1. The molecule has 0 saturated carbocycles. The highest BCUT2D eigenvalue weighted by Crippen LogP contribution is 2.13. The number of likely N-dealkylation sites (N-methyl/N-ethyl adjacent to an activating group) is 1. The number of nitrogens with one attached hydrogen (secondary N) is 1. The molecule has 0 saturated heterocycles. The van der Waals surface area contributed by atoms with Crippen molar-refractivity contribution in [1.82, 2.24) is 15.1 Å². The molecule has 0 aliphatic carbocycles. The SMILES string of the molecule is CCNCC(C)(O)Cc1cc(CC)nn1C. The van der Waals surface area contributed by atoms with Gasteiger partial charge in [-0.1, -0.05) is 13.8 Å². The van der Waals surface area contributed by atoms with Crippen molar-refractivity contribution in [2.45, 2.75) is 39.2 Å². The molecule has 92 valence electrons. The minimum absolute atomic E-state index is 0.607. The van der Waals surface area contributed by atoms with E-state index in [1.165, 1.54) is 0 Å². The van der Waals surface area contributed by atoms with Gasteiger partial charge in [-0.3, -0.25) is 4.68 Å². The molecule has 1 heterocycles. The van der Waals surface area contributed by atoms with Gasteiger partial charge in [0, 0.05) is 25.7 Å². The Kier molecular flexibility index (Phi) is 4.50. The second-order valence-electron chi connectivity index (χ2n) is 4.56. The van der Waals surface area contributed by atoms with E-state index in [1.807, 2.05) is 25.6 Å². The molecule has 16 heavy (non-hydrogen) atoms. The van der Waals surface area contributed by atoms with Gasteiger partial charge in [-0.05, 0) is 26.0 Å². The Morgan fingerprint density at radius 1 is 1.50 bits per heavy atom. The quantitative estimate of drug-likeness (QED) is 0.756. The molecule has 0 amide bonds. The number of hydrogen-bond donors (Lipinski definition) is 2. The highest BCUT2D eigenvalue weighted by Gasteiger charge is 2.22. The third kappa shape index (κ3) is 3.61. The second kappa shape index (κ2) is 5.46. The first-order valence-electron chi connectivity index (χ1n) is 5.93. The summed E-state index contributed by atoms with van der Waals surface area (Å²) < 4.78 is 1.86. The zero-order valence-corrected chi connectivity index (χ0v) is 10.7. The third-order valence-electron chi connectivity index (χ3n) is 2.71. The lowest BCUT2D eigenvalue weighted by Gasteiger charge is -2.23. The van der Waals surface area contributed by atoms with Crippen LogP contribution in [0, 0.1) is 0 Å². The van der Waals surface area contributed by atoms with Crippen LogP contribution in [-0.4, -0.2) is 33.6 Å². The first-order valence-corrected chi connectivity index (χ1v) is 5.93. The Balaban J connectivity index is 2.67. The summed E-state index contributed by atoms with van der Waals surface area (Å²) in [6.45, 7) is 7.46. The maximum atomic E-state index is 10.2. The van der Waals surface area contributed by atoms with Crippen molar-refractivity contribution in [2.75, 3.05) is 13.1 Å². The van der Waals surface area contributed by atoms with E-state index in [2.05, 4.69) is 23.4 Å². The number of aryl methyl sites for hydroxylation is 2. The standard InChI is InChI=1S/C12H23N3O/c1-5-10-7-11(15(4)14-10)8-12(3,16)9-13-6-2/h7,13,16H,5-6,8-9H2,1-4H3. The van der Waals surface area contributed by atoms with Gasteiger partial charge in [0.1, 0.15) is 0 Å². The van der Waals surface area contributed by atoms with Gasteiger partial charge in [-0.15, -0.1) is 0 Å². The number of aromatic nitrogens is 2. The van der Waals surface area contributed by atoms with Crippen molar-refractivity contribution in [3.8, 4) is 0 Å². The Morgan fingerprint density at radius 3 is 2.69 bits per heavy atom. The predicted molar refractivity (Wildman–Crippen MR) is 65.5 cm³/mol. The molecular formula is C12H23N3O. The van der Waals surface area contributed by atoms with Crippen molar-refractivity contribution >= 4 is 0 Å². The van der Waals surface area contributed by atoms with Gasteiger partial charge in [-0.25, -0.2) is 0 Å². The van der Waals surface area contributed by atoms with Crippen LogP contribution in [0.15, 0.2) is 6.07 Å². The molecule has 2 N–H and O–H groups in total. The highest BCUT2D eigenvalue weighted by molar-refractivity contribution is 5.12. The second-order valence-corrected chi connectivity index (χ2v) is 4.56. The van der Waals surface area contributed by atoms with E-state index < -0.39 is 5.60 Å². The van der Waals surface area contributed by atoms with Gasteiger partial charge in [0.2, 0.25) is 0 Å². The van der Waals surface area contributed by atoms with Crippen molar-refractivity contribution in [1.29, 1.82) is 0 Å². The fraction of sp³-hybridized carbons (Fsp3) is 0.750. The lowest BCUT2D eigenvalue weighted by Crippen LogP contribution is -2.40. The Bertz CT molecular complexity index is 331. The smallest absolute Gasteiger partial charge is 0.0798 e. The van der Waals surface area contributed by atoms with Crippen LogP contribution in [0.25, 0.3) is 0 Å². The van der Waals surface area contributed by atoms with Crippen molar-refractivity contribution in [3.63, 3.8) is 0 Å². The zero-order chi connectivity index (χ0) is 12.2. The summed E-state index contributed by atoms with van der Waals surface area (Å²) in [6, 6.07) is 2.07. The zero-order valence-electron chi connectivity index (χ0n) is 10.7. The minimum atomic E-state index is -0.713. The molecule has 0 fully saturated rings. The molecule has 0 radical (unpaired) electrons. The molecule has 1 atom stereocenters. The third-order valence-corrected chi connectivity index (χ3v) is 2.71. The summed E-state index contributed by atoms with van der Waals surface area (Å²) >= 11 is 0. The van der Waals surface area contributed by atoms with Crippen LogP contribution in [0.3, 0.4) is 0 Å². The molecule has 1 unspecified atom stereocenters. The van der Waals surface area contributed by atoms with Gasteiger partial charge in [0.15, 0.2) is 0 Å². The van der Waals surface area contributed by atoms with Crippen LogP contribution in [0.2, 0.25) is 0 Å². The van der Waals surface area contributed by atoms with Crippen LogP contribution in [0.4, 0.5) is 0 Å². The van der Waals surface area contributed by atoms with Crippen LogP contribution >= 0.6 is 0 Å². The van der Waals surface area contributed by atoms with Crippen LogP contribution in [-0.2, 0) is 19.9 Å². The summed E-state index contributed by atoms with van der Waals surface area (Å²) in [6.07, 6.45) is 1.56. The molecule has 4 heteroatoms. The monoisotopic (exact) mass is 225 g/mol. The average molecular weight is 225 g/mol. The van der Waals surface area contributed by atoms with Gasteiger partial charge in [-0.2, -0.15) is 5.10 Å². The fourth-order valence-electron chi connectivity index (χ4n) is 1.76. The predicted octanol–water partition coefficient (Wildman–Crippen LogP) is 0.885. The van der Waals surface area contributed by atoms with Crippen molar-refractivity contribution in [3.05, 3.63) is 17.5 Å². The maximum Gasteiger partial charge on any atom is 0.0798 e. The van der Waals surface area contributed by atoms with Gasteiger partial charge < -0.3 is 10.4 Å². The maximum absolute atomic E-state index is 10.2. The number of nitrogens with zero attached hydrogens (tertiary/aromatic N) is 2. The minimum Gasteiger partial charge on any atom is -0.388 e. The van der Waals surface area contributed by atoms with E-state index >= 15 is 0 Å². The lowest BCUT2D eigenvalue weighted by molar-refractivity contribution is 0.0588. The molecular weight excluding hydrogens is 202 g/mol. The summed E-state index contributed by atoms with van der Waals surface area (Å²) in [7, 11) is 1.93. The molecule has 1 aromatic heterocycles. The summed E-state index contributed by atoms with van der Waals surface area (Å²) in [4.78, 5) is 0.